The van der Waals surface area contributed by atoms with Gasteiger partial charge in [0.1, 0.15) is 0 Å². The average Bonchev–Trinajstić information content (AvgIpc) is 3.29. The summed E-state index contributed by atoms with van der Waals surface area (Å²) in [6.45, 7) is 15.0. The summed E-state index contributed by atoms with van der Waals surface area (Å²) in [6.07, 6.45) is 22.0. The third-order valence-corrected chi connectivity index (χ3v) is 14.3. The molecule has 0 fully saturated rings. The van der Waals surface area contributed by atoms with Gasteiger partial charge < -0.3 is 13.8 Å². The maximum absolute atomic E-state index is 3.80. The zero-order chi connectivity index (χ0) is 41.1. The molecule has 0 heterocycles. The van der Waals surface area contributed by atoms with Crippen molar-refractivity contribution in [3.63, 3.8) is 0 Å². The molecule has 312 valence electrons. The second-order valence-electron chi connectivity index (χ2n) is 14.1. The summed E-state index contributed by atoms with van der Waals surface area (Å²) in [7, 11) is -0.892. The zero-order valence-electron chi connectivity index (χ0n) is 35.4. The molecular formula is C56H68P2Pt. The number of benzene rings is 6. The van der Waals surface area contributed by atoms with E-state index in [1.165, 1.54) is 109 Å². The van der Waals surface area contributed by atoms with Gasteiger partial charge in [-0.25, -0.2) is 0 Å². The normalized spacial score (nSPS) is 10.1. The van der Waals surface area contributed by atoms with Gasteiger partial charge in [-0.1, -0.05) is 246 Å². The minimum Gasteiger partial charge on any atom is -0.343 e. The minimum absolute atomic E-state index is 0. The van der Waals surface area contributed by atoms with Gasteiger partial charge >= 0.3 is 21.1 Å². The molecule has 0 aliphatic rings. The molecule has 0 spiro atoms. The van der Waals surface area contributed by atoms with E-state index in [4.69, 9.17) is 0 Å². The van der Waals surface area contributed by atoms with E-state index in [1.807, 2.05) is 12.2 Å². The van der Waals surface area contributed by atoms with Crippen LogP contribution in [0.2, 0.25) is 0 Å². The fourth-order valence-corrected chi connectivity index (χ4v) is 11.0. The van der Waals surface area contributed by atoms with Gasteiger partial charge in [0.25, 0.3) is 0 Å². The standard InChI is InChI=1S/2C18H15P.2C10H19.Pt/c2*1-4-10-16(11-5-1)19(17-12-6-2-7-13-17)18-14-8-3-9-15-18;2*1-3-5-7-9-10-8-6-4-2;/h2*1-15H;2*3H,1-2,4-10H2;/q;;2*-1;+2. The largest absolute Gasteiger partial charge is 2.00 e. The molecule has 0 amide bonds. The van der Waals surface area contributed by atoms with E-state index in [1.54, 1.807) is 0 Å². The fraction of sp³-hybridized carbons (Fsp3) is 0.250. The maximum Gasteiger partial charge on any atom is 2.00 e. The summed E-state index contributed by atoms with van der Waals surface area (Å²) in [5.41, 5.74) is 0. The molecule has 0 aliphatic heterocycles. The molecule has 0 nitrogen and oxygen atoms in total. The van der Waals surface area contributed by atoms with Crippen molar-refractivity contribution < 1.29 is 21.1 Å². The molecule has 0 N–H and O–H groups in total. The molecule has 0 saturated carbocycles. The van der Waals surface area contributed by atoms with Crippen molar-refractivity contribution in [1.29, 1.82) is 0 Å². The van der Waals surface area contributed by atoms with Gasteiger partial charge in [0.15, 0.2) is 0 Å². The number of rotatable bonds is 20. The molecule has 6 aromatic rings. The Morgan fingerprint density at radius 2 is 0.492 bits per heavy atom. The van der Waals surface area contributed by atoms with Crippen LogP contribution in [0, 0.1) is 13.8 Å². The van der Waals surface area contributed by atoms with Gasteiger partial charge in [0.2, 0.25) is 0 Å². The Morgan fingerprint density at radius 1 is 0.305 bits per heavy atom. The summed E-state index contributed by atoms with van der Waals surface area (Å²) < 4.78 is 0. The van der Waals surface area contributed by atoms with Crippen LogP contribution in [0.25, 0.3) is 0 Å². The van der Waals surface area contributed by atoms with Crippen molar-refractivity contribution in [2.75, 3.05) is 0 Å². The van der Waals surface area contributed by atoms with Gasteiger partial charge in [-0.2, -0.15) is 12.8 Å². The number of unbranched alkanes of at least 4 members (excludes halogenated alkanes) is 12. The maximum atomic E-state index is 3.80. The van der Waals surface area contributed by atoms with E-state index < -0.39 is 15.8 Å². The summed E-state index contributed by atoms with van der Waals surface area (Å²) in [5, 5.41) is 8.39. The summed E-state index contributed by atoms with van der Waals surface area (Å²) in [4.78, 5) is 0. The first kappa shape index (κ1) is 51.5. The summed E-state index contributed by atoms with van der Waals surface area (Å²) in [5.74, 6) is 0. The van der Waals surface area contributed by atoms with Crippen LogP contribution < -0.4 is 31.8 Å². The molecule has 6 aromatic carbocycles. The van der Waals surface area contributed by atoms with E-state index >= 15 is 0 Å². The summed E-state index contributed by atoms with van der Waals surface area (Å²) >= 11 is 0. The first-order chi connectivity index (χ1) is 28.7. The predicted molar refractivity (Wildman–Crippen MR) is 266 cm³/mol. The molecule has 0 atom stereocenters. The van der Waals surface area contributed by atoms with Crippen LogP contribution in [0.1, 0.15) is 89.9 Å². The van der Waals surface area contributed by atoms with E-state index in [2.05, 4.69) is 209 Å². The van der Waals surface area contributed by atoms with Crippen LogP contribution >= 0.6 is 15.8 Å². The minimum atomic E-state index is -0.446. The molecule has 0 radical (unpaired) electrons. The molecule has 0 unspecified atom stereocenters. The van der Waals surface area contributed by atoms with Crippen molar-refractivity contribution in [3.8, 4) is 0 Å². The van der Waals surface area contributed by atoms with E-state index in [-0.39, 0.29) is 21.1 Å². The van der Waals surface area contributed by atoms with Crippen LogP contribution in [0.4, 0.5) is 0 Å². The fourth-order valence-electron chi connectivity index (χ4n) is 6.35. The molecule has 3 heteroatoms. The van der Waals surface area contributed by atoms with E-state index in [0.717, 1.165) is 12.8 Å². The van der Waals surface area contributed by atoms with Crippen molar-refractivity contribution in [1.82, 2.24) is 0 Å². The SMILES string of the molecule is C=CCCCCCCC[CH2-].C=CCCCCCCC[CH2-].[Pt+2].c1ccc(P(c2ccccc2)c2ccccc2)cc1.c1ccc(P(c2ccccc2)c2ccccc2)cc1. The Kier molecular flexibility index (Phi) is 30.7. The van der Waals surface area contributed by atoms with Crippen molar-refractivity contribution in [2.45, 2.75) is 89.9 Å². The van der Waals surface area contributed by atoms with Crippen LogP contribution in [0.3, 0.4) is 0 Å². The predicted octanol–water partition coefficient (Wildman–Crippen LogP) is 14.4. The molecule has 0 aliphatic carbocycles. The van der Waals surface area contributed by atoms with Gasteiger partial charge in [-0.15, -0.1) is 13.2 Å². The molecule has 0 saturated heterocycles. The van der Waals surface area contributed by atoms with Gasteiger partial charge in [-0.05, 0) is 73.4 Å². The second-order valence-corrected chi connectivity index (χ2v) is 18.5. The Balaban J connectivity index is 0.000000283. The van der Waals surface area contributed by atoms with Crippen LogP contribution in [-0.2, 0) is 21.1 Å². The first-order valence-electron chi connectivity index (χ1n) is 21.4. The van der Waals surface area contributed by atoms with Gasteiger partial charge in [-0.3, -0.25) is 0 Å². The van der Waals surface area contributed by atoms with Gasteiger partial charge in [0.05, 0.1) is 0 Å². The topological polar surface area (TPSA) is 0 Å². The molecule has 59 heavy (non-hydrogen) atoms. The van der Waals surface area contributed by atoms with Crippen molar-refractivity contribution >= 4 is 47.7 Å². The Bertz CT molecular complexity index is 1490. The number of allylic oxidation sites excluding steroid dienone is 2. The first-order valence-corrected chi connectivity index (χ1v) is 24.1. The molecule has 0 bridgehead atoms. The zero-order valence-corrected chi connectivity index (χ0v) is 39.5. The monoisotopic (exact) mass is 997 g/mol. The summed E-state index contributed by atoms with van der Waals surface area (Å²) in [6, 6.07) is 64.7. The second kappa shape index (κ2) is 35.1. The molecule has 6 rings (SSSR count). The van der Waals surface area contributed by atoms with Crippen LogP contribution in [-0.4, -0.2) is 0 Å². The Hall–Kier alpha value is -3.65. The Labute approximate surface area is 377 Å². The smallest absolute Gasteiger partial charge is 0.343 e. The van der Waals surface area contributed by atoms with Crippen molar-refractivity contribution in [2.24, 2.45) is 0 Å². The molecule has 0 aromatic heterocycles. The molecular weight excluding hydrogens is 930 g/mol. The quantitative estimate of drug-likeness (QED) is 0.0309. The van der Waals surface area contributed by atoms with E-state index in [9.17, 15) is 0 Å². The average molecular weight is 998 g/mol. The number of hydrogen-bond acceptors (Lipinski definition) is 0. The number of hydrogen-bond donors (Lipinski definition) is 0. The third kappa shape index (κ3) is 22.0. The van der Waals surface area contributed by atoms with Crippen LogP contribution in [0.5, 0.6) is 0 Å². The van der Waals surface area contributed by atoms with E-state index in [0.29, 0.717) is 0 Å². The van der Waals surface area contributed by atoms with Crippen molar-refractivity contribution in [3.05, 3.63) is 221 Å². The van der Waals surface area contributed by atoms with Gasteiger partial charge in [0, 0.05) is 0 Å². The third-order valence-electron chi connectivity index (χ3n) is 9.40. The Morgan fingerprint density at radius 3 is 0.678 bits per heavy atom. The van der Waals surface area contributed by atoms with Crippen LogP contribution in [0.15, 0.2) is 207 Å².